The average molecular weight is 836 g/mol. The van der Waals surface area contributed by atoms with Crippen molar-refractivity contribution in [2.24, 2.45) is 0 Å². The Labute approximate surface area is 370 Å². The van der Waals surface area contributed by atoms with Crippen LogP contribution in [0.25, 0.3) is 0 Å². The molecule has 0 spiro atoms. The molecule has 0 bridgehead atoms. The van der Waals surface area contributed by atoms with E-state index in [0.29, 0.717) is 25.7 Å². The molecule has 0 heterocycles. The lowest BCUT2D eigenvalue weighted by Crippen LogP contribution is -2.46. The highest BCUT2D eigenvalue weighted by Crippen LogP contribution is 2.17. The molecule has 0 aliphatic heterocycles. The van der Waals surface area contributed by atoms with Crippen molar-refractivity contribution >= 4 is 11.9 Å². The Morgan fingerprint density at radius 3 is 1.37 bits per heavy atom. The van der Waals surface area contributed by atoms with E-state index in [1.165, 1.54) is 57.8 Å². The minimum atomic E-state index is -0.804. The summed E-state index contributed by atoms with van der Waals surface area (Å²) in [7, 11) is 0. The molecule has 3 N–H and O–H groups in total. The maximum absolute atomic E-state index is 13.2. The molecule has 0 radical (unpaired) electrons. The summed E-state index contributed by atoms with van der Waals surface area (Å²) in [6.45, 7) is 6.23. The summed E-state index contributed by atoms with van der Waals surface area (Å²) in [6.07, 6.45) is 60.7. The molecule has 0 aromatic heterocycles. The number of allylic oxidation sites excluding steroid dienone is 14. The van der Waals surface area contributed by atoms with Gasteiger partial charge in [0.15, 0.2) is 0 Å². The van der Waals surface area contributed by atoms with E-state index in [2.05, 4.69) is 111 Å². The van der Waals surface area contributed by atoms with Crippen LogP contribution in [0, 0.1) is 0 Å². The van der Waals surface area contributed by atoms with E-state index in [0.717, 1.165) is 109 Å². The van der Waals surface area contributed by atoms with Crippen LogP contribution in [0.15, 0.2) is 85.1 Å². The van der Waals surface area contributed by atoms with Crippen LogP contribution in [-0.2, 0) is 14.3 Å². The molecule has 6 heteroatoms. The maximum Gasteiger partial charge on any atom is 0.306 e. The first-order valence-corrected chi connectivity index (χ1v) is 24.8. The van der Waals surface area contributed by atoms with Crippen LogP contribution in [0.2, 0.25) is 0 Å². The maximum atomic E-state index is 13.2. The summed E-state index contributed by atoms with van der Waals surface area (Å²) in [5.41, 5.74) is 0. The van der Waals surface area contributed by atoms with Crippen LogP contribution < -0.4 is 5.32 Å². The van der Waals surface area contributed by atoms with E-state index in [1.807, 2.05) is 0 Å². The number of rotatable bonds is 43. The Morgan fingerprint density at radius 2 is 0.900 bits per heavy atom. The van der Waals surface area contributed by atoms with Gasteiger partial charge in [-0.05, 0) is 89.9 Å². The van der Waals surface area contributed by atoms with Crippen molar-refractivity contribution in [1.29, 1.82) is 0 Å². The van der Waals surface area contributed by atoms with E-state index in [4.69, 9.17) is 4.74 Å². The zero-order valence-electron chi connectivity index (χ0n) is 39.1. The lowest BCUT2D eigenvalue weighted by Gasteiger charge is -2.24. The van der Waals surface area contributed by atoms with E-state index < -0.39 is 18.2 Å². The number of ether oxygens (including phenoxy) is 1. The number of esters is 1. The van der Waals surface area contributed by atoms with Gasteiger partial charge < -0.3 is 20.3 Å². The molecule has 3 unspecified atom stereocenters. The van der Waals surface area contributed by atoms with Gasteiger partial charge in [-0.15, -0.1) is 0 Å². The van der Waals surface area contributed by atoms with Gasteiger partial charge in [-0.2, -0.15) is 0 Å². The number of aliphatic hydroxyl groups excluding tert-OH is 2. The molecule has 0 aliphatic carbocycles. The standard InChI is InChI=1S/C54H93NO5/c1-4-7-10-13-16-19-22-25-26-27-28-29-32-35-38-41-44-47-54(59)60-50(45-42-39-36-33-30-23-20-17-14-11-8-5-2)48-53(58)55-51(49-56)52(57)46-43-40-37-34-31-24-21-18-15-12-9-6-3/h7-8,10-11,16-17,19-20,25-26,28-29,35,38,50-52,56-57H,4-6,9,12-15,18,21-24,27,30-34,36-37,39-49H2,1-3H3,(H,55,58)/b10-7-,11-8+,19-16-,20-17+,26-25-,29-28-,38-35-. The van der Waals surface area contributed by atoms with Crippen molar-refractivity contribution in [2.45, 2.75) is 238 Å². The van der Waals surface area contributed by atoms with Crippen LogP contribution >= 0.6 is 0 Å². The molecule has 0 saturated carbocycles. The van der Waals surface area contributed by atoms with Gasteiger partial charge in [-0.3, -0.25) is 9.59 Å². The van der Waals surface area contributed by atoms with Crippen LogP contribution in [0.5, 0.6) is 0 Å². The minimum absolute atomic E-state index is 0.0413. The van der Waals surface area contributed by atoms with Gasteiger partial charge in [0.25, 0.3) is 0 Å². The summed E-state index contributed by atoms with van der Waals surface area (Å²) < 4.78 is 5.89. The second kappa shape index (κ2) is 47.1. The number of hydrogen-bond donors (Lipinski definition) is 3. The fourth-order valence-corrected chi connectivity index (χ4v) is 7.03. The van der Waals surface area contributed by atoms with Crippen molar-refractivity contribution < 1.29 is 24.5 Å². The number of aliphatic hydroxyl groups is 2. The first-order valence-electron chi connectivity index (χ1n) is 24.8. The summed E-state index contributed by atoms with van der Waals surface area (Å²) >= 11 is 0. The number of unbranched alkanes of at least 4 members (excludes halogenated alkanes) is 17. The number of carbonyl (C=O) groups excluding carboxylic acids is 2. The molecule has 60 heavy (non-hydrogen) atoms. The van der Waals surface area contributed by atoms with E-state index >= 15 is 0 Å². The largest absolute Gasteiger partial charge is 0.462 e. The highest BCUT2D eigenvalue weighted by molar-refractivity contribution is 5.77. The van der Waals surface area contributed by atoms with Gasteiger partial charge in [0.2, 0.25) is 5.91 Å². The first kappa shape index (κ1) is 57.0. The van der Waals surface area contributed by atoms with Crippen LogP contribution in [0.3, 0.4) is 0 Å². The summed E-state index contributed by atoms with van der Waals surface area (Å²) in [4.78, 5) is 26.1. The Kier molecular flexibility index (Phi) is 44.8. The zero-order valence-corrected chi connectivity index (χ0v) is 39.1. The van der Waals surface area contributed by atoms with Crippen LogP contribution in [0.1, 0.15) is 220 Å². The second-order valence-corrected chi connectivity index (χ2v) is 16.4. The zero-order chi connectivity index (χ0) is 43.8. The lowest BCUT2D eigenvalue weighted by atomic mass is 10.0. The van der Waals surface area contributed by atoms with E-state index in [1.54, 1.807) is 0 Å². The molecule has 0 aromatic rings. The van der Waals surface area contributed by atoms with Gasteiger partial charge in [0, 0.05) is 6.42 Å². The smallest absolute Gasteiger partial charge is 0.306 e. The predicted octanol–water partition coefficient (Wildman–Crippen LogP) is 14.8. The number of nitrogens with one attached hydrogen (secondary N) is 1. The van der Waals surface area contributed by atoms with Crippen LogP contribution in [-0.4, -0.2) is 46.9 Å². The number of amides is 1. The third-order valence-electron chi connectivity index (χ3n) is 10.7. The van der Waals surface area contributed by atoms with Gasteiger partial charge in [0.05, 0.1) is 25.2 Å². The van der Waals surface area contributed by atoms with Crippen molar-refractivity contribution in [2.75, 3.05) is 6.61 Å². The first-order chi connectivity index (χ1) is 29.5. The topological polar surface area (TPSA) is 95.9 Å². The van der Waals surface area contributed by atoms with Gasteiger partial charge in [0.1, 0.15) is 6.10 Å². The summed E-state index contributed by atoms with van der Waals surface area (Å²) in [5.74, 6) is -0.564. The fourth-order valence-electron chi connectivity index (χ4n) is 7.03. The number of hydrogen-bond acceptors (Lipinski definition) is 5. The molecule has 0 fully saturated rings. The molecule has 3 atom stereocenters. The Balaban J connectivity index is 4.69. The normalized spacial score (nSPS) is 14.0. The van der Waals surface area contributed by atoms with Gasteiger partial charge in [-0.1, -0.05) is 202 Å². The molecule has 6 nitrogen and oxygen atoms in total. The summed E-state index contributed by atoms with van der Waals surface area (Å²) in [5, 5.41) is 23.7. The quantitative estimate of drug-likeness (QED) is 0.0323. The number of carbonyl (C=O) groups is 2. The Morgan fingerprint density at radius 1 is 0.500 bits per heavy atom. The van der Waals surface area contributed by atoms with E-state index in [-0.39, 0.29) is 24.9 Å². The SMILES string of the molecule is CC/C=C\C/C=C\C/C=C\C/C=C\C/C=C\CCCC(=O)OC(CCCCCCC/C=C/C/C=C/CC)CC(=O)NC(CO)C(O)CCCCCCCCCCCCCC. The van der Waals surface area contributed by atoms with Gasteiger partial charge >= 0.3 is 5.97 Å². The highest BCUT2D eigenvalue weighted by Gasteiger charge is 2.24. The Bertz CT molecular complexity index is 1160. The van der Waals surface area contributed by atoms with E-state index in [9.17, 15) is 19.8 Å². The third kappa shape index (κ3) is 41.8. The molecule has 0 rings (SSSR count). The van der Waals surface area contributed by atoms with Crippen LogP contribution in [0.4, 0.5) is 0 Å². The molecule has 344 valence electrons. The highest BCUT2D eigenvalue weighted by atomic mass is 16.5. The summed E-state index contributed by atoms with van der Waals surface area (Å²) in [6, 6.07) is -0.721. The molecule has 0 aromatic carbocycles. The molecule has 0 saturated heterocycles. The van der Waals surface area contributed by atoms with Gasteiger partial charge in [-0.25, -0.2) is 0 Å². The molecule has 0 aliphatic rings. The molecular weight excluding hydrogens is 743 g/mol. The third-order valence-corrected chi connectivity index (χ3v) is 10.7. The van der Waals surface area contributed by atoms with Crippen molar-refractivity contribution in [3.05, 3.63) is 85.1 Å². The van der Waals surface area contributed by atoms with Crippen molar-refractivity contribution in [3.8, 4) is 0 Å². The average Bonchev–Trinajstić information content (AvgIpc) is 3.24. The van der Waals surface area contributed by atoms with Crippen molar-refractivity contribution in [3.63, 3.8) is 0 Å². The lowest BCUT2D eigenvalue weighted by molar-refractivity contribution is -0.151. The molecular formula is C54H93NO5. The monoisotopic (exact) mass is 836 g/mol. The minimum Gasteiger partial charge on any atom is -0.462 e. The van der Waals surface area contributed by atoms with Crippen molar-refractivity contribution in [1.82, 2.24) is 5.32 Å². The fraction of sp³-hybridized carbons (Fsp3) is 0.704. The molecule has 1 amide bonds. The second-order valence-electron chi connectivity index (χ2n) is 16.4. The predicted molar refractivity (Wildman–Crippen MR) is 259 cm³/mol. The Hall–Kier alpha value is -2.96.